The van der Waals surface area contributed by atoms with Crippen molar-refractivity contribution in [1.29, 1.82) is 0 Å². The Labute approximate surface area is 169 Å². The third-order valence-electron chi connectivity index (χ3n) is 3.99. The van der Waals surface area contributed by atoms with E-state index in [9.17, 15) is 13.6 Å². The van der Waals surface area contributed by atoms with Crippen LogP contribution in [-0.4, -0.2) is 31.1 Å². The second-order valence-electron chi connectivity index (χ2n) is 6.00. The molecule has 0 saturated heterocycles. The van der Waals surface area contributed by atoms with Gasteiger partial charge in [-0.15, -0.1) is 5.10 Å². The highest BCUT2D eigenvalue weighted by atomic mass is 19.1. The predicted octanol–water partition coefficient (Wildman–Crippen LogP) is 3.60. The van der Waals surface area contributed by atoms with Gasteiger partial charge in [-0.3, -0.25) is 9.78 Å². The molecular weight excluding hydrogens is 392 g/mol. The van der Waals surface area contributed by atoms with Gasteiger partial charge in [-0.2, -0.15) is 5.10 Å². The summed E-state index contributed by atoms with van der Waals surface area (Å²) in [5, 5.41) is 13.1. The van der Waals surface area contributed by atoms with Crippen LogP contribution in [0.1, 0.15) is 10.5 Å². The Bertz CT molecular complexity index is 1200. The molecule has 8 nitrogen and oxygen atoms in total. The molecule has 3 heterocycles. The zero-order valence-electron chi connectivity index (χ0n) is 15.3. The van der Waals surface area contributed by atoms with Gasteiger partial charge in [0.1, 0.15) is 17.3 Å². The molecule has 0 aliphatic carbocycles. The van der Waals surface area contributed by atoms with Gasteiger partial charge in [0.2, 0.25) is 5.95 Å². The van der Waals surface area contributed by atoms with Gasteiger partial charge in [0, 0.05) is 35.8 Å². The normalized spacial score (nSPS) is 10.5. The highest BCUT2D eigenvalue weighted by Gasteiger charge is 2.15. The van der Waals surface area contributed by atoms with Crippen molar-refractivity contribution in [3.8, 4) is 11.1 Å². The van der Waals surface area contributed by atoms with E-state index in [1.807, 2.05) is 0 Å². The summed E-state index contributed by atoms with van der Waals surface area (Å²) in [4.78, 5) is 24.9. The number of carbonyl (C=O) groups excluding carboxylic acids is 1. The molecule has 0 saturated carbocycles. The van der Waals surface area contributed by atoms with Gasteiger partial charge in [-0.25, -0.2) is 18.7 Å². The lowest BCUT2D eigenvalue weighted by molar-refractivity contribution is 0.102. The van der Waals surface area contributed by atoms with Crippen LogP contribution in [0.5, 0.6) is 0 Å². The average molecular weight is 405 g/mol. The number of benzene rings is 1. The molecule has 0 aliphatic heterocycles. The molecule has 2 N–H and O–H groups in total. The van der Waals surface area contributed by atoms with Gasteiger partial charge in [0.25, 0.3) is 5.91 Å². The lowest BCUT2D eigenvalue weighted by Gasteiger charge is -2.11. The Morgan fingerprint density at radius 2 is 1.87 bits per heavy atom. The Balaban J connectivity index is 1.59. The van der Waals surface area contributed by atoms with Gasteiger partial charge >= 0.3 is 0 Å². The smallest absolute Gasteiger partial charge is 0.274 e. The first-order valence-corrected chi connectivity index (χ1v) is 8.69. The Morgan fingerprint density at radius 1 is 0.967 bits per heavy atom. The quantitative estimate of drug-likeness (QED) is 0.523. The number of pyridine rings is 1. The highest BCUT2D eigenvalue weighted by Crippen LogP contribution is 2.30. The molecule has 10 heteroatoms. The molecule has 148 valence electrons. The second-order valence-corrected chi connectivity index (χ2v) is 6.00. The van der Waals surface area contributed by atoms with Gasteiger partial charge in [0.15, 0.2) is 5.82 Å². The van der Waals surface area contributed by atoms with E-state index in [1.165, 1.54) is 43.0 Å². The van der Waals surface area contributed by atoms with Crippen LogP contribution in [0, 0.1) is 11.6 Å². The predicted molar refractivity (Wildman–Crippen MR) is 105 cm³/mol. The van der Waals surface area contributed by atoms with E-state index in [4.69, 9.17) is 0 Å². The number of amides is 1. The van der Waals surface area contributed by atoms with Crippen molar-refractivity contribution in [2.24, 2.45) is 0 Å². The number of aromatic nitrogens is 5. The summed E-state index contributed by atoms with van der Waals surface area (Å²) >= 11 is 0. The molecule has 0 aliphatic rings. The summed E-state index contributed by atoms with van der Waals surface area (Å²) in [6, 6.07) is 9.50. The molecule has 3 aromatic heterocycles. The topological polar surface area (TPSA) is 106 Å². The molecular formula is C20H13F2N7O. The number of nitrogens with zero attached hydrogens (tertiary/aromatic N) is 5. The van der Waals surface area contributed by atoms with Crippen molar-refractivity contribution in [2.45, 2.75) is 0 Å². The lowest BCUT2D eigenvalue weighted by Crippen LogP contribution is -2.15. The zero-order chi connectivity index (χ0) is 20.9. The monoisotopic (exact) mass is 405 g/mol. The van der Waals surface area contributed by atoms with E-state index in [1.54, 1.807) is 12.1 Å². The van der Waals surface area contributed by atoms with Gasteiger partial charge in [0.05, 0.1) is 11.9 Å². The van der Waals surface area contributed by atoms with Crippen LogP contribution in [0.2, 0.25) is 0 Å². The fraction of sp³-hybridized carbons (Fsp3) is 0. The molecule has 0 fully saturated rings. The Morgan fingerprint density at radius 3 is 2.67 bits per heavy atom. The lowest BCUT2D eigenvalue weighted by atomic mass is 10.0. The first-order valence-electron chi connectivity index (χ1n) is 8.69. The minimum absolute atomic E-state index is 0.0609. The number of hydrogen-bond donors (Lipinski definition) is 2. The van der Waals surface area contributed by atoms with Crippen molar-refractivity contribution in [2.75, 3.05) is 10.6 Å². The standard InChI is InChI=1S/C20H13F2N7O/c21-12-3-4-13(15(22)10-12)14-5-8-23-11-17(14)26-19(30)16-6-9-24-20(27-16)28-18-2-1-7-25-29-18/h1-11H,(H,26,30)(H,24,27,28,29). The minimum atomic E-state index is -0.755. The molecule has 4 rings (SSSR count). The molecule has 0 bridgehead atoms. The van der Waals surface area contributed by atoms with Crippen LogP contribution in [0.4, 0.5) is 26.2 Å². The van der Waals surface area contributed by atoms with Gasteiger partial charge < -0.3 is 10.6 Å². The Hall–Kier alpha value is -4.34. The summed E-state index contributed by atoms with van der Waals surface area (Å²) in [5.41, 5.74) is 0.783. The van der Waals surface area contributed by atoms with Crippen LogP contribution in [0.25, 0.3) is 11.1 Å². The fourth-order valence-corrected chi connectivity index (χ4v) is 2.65. The third kappa shape index (κ3) is 4.22. The number of anilines is 3. The van der Waals surface area contributed by atoms with Crippen molar-refractivity contribution in [3.63, 3.8) is 0 Å². The zero-order valence-corrected chi connectivity index (χ0v) is 15.3. The summed E-state index contributed by atoms with van der Waals surface area (Å²) < 4.78 is 27.5. The number of hydrogen-bond acceptors (Lipinski definition) is 7. The van der Waals surface area contributed by atoms with Crippen molar-refractivity contribution < 1.29 is 13.6 Å². The van der Waals surface area contributed by atoms with E-state index in [0.29, 0.717) is 11.4 Å². The molecule has 0 radical (unpaired) electrons. The summed E-state index contributed by atoms with van der Waals surface area (Å²) in [6.07, 6.45) is 5.74. The number of halogens is 2. The van der Waals surface area contributed by atoms with E-state index in [2.05, 4.69) is 35.8 Å². The van der Waals surface area contributed by atoms with Crippen LogP contribution >= 0.6 is 0 Å². The molecule has 1 amide bonds. The third-order valence-corrected chi connectivity index (χ3v) is 3.99. The molecule has 4 aromatic rings. The van der Waals surface area contributed by atoms with Crippen LogP contribution in [-0.2, 0) is 0 Å². The molecule has 0 unspecified atom stereocenters. The highest BCUT2D eigenvalue weighted by molar-refractivity contribution is 6.05. The average Bonchev–Trinajstić information content (AvgIpc) is 2.75. The molecule has 1 aromatic carbocycles. The van der Waals surface area contributed by atoms with E-state index < -0.39 is 17.5 Å². The Kier molecular flexibility index (Phi) is 5.29. The minimum Gasteiger partial charge on any atom is -0.319 e. The molecule has 30 heavy (non-hydrogen) atoms. The van der Waals surface area contributed by atoms with Gasteiger partial charge in [-0.05, 0) is 36.4 Å². The molecule has 0 atom stereocenters. The number of rotatable bonds is 5. The first kappa shape index (κ1) is 19.0. The summed E-state index contributed by atoms with van der Waals surface area (Å²) in [7, 11) is 0. The van der Waals surface area contributed by atoms with Crippen LogP contribution in [0.3, 0.4) is 0 Å². The summed E-state index contributed by atoms with van der Waals surface area (Å²) in [5.74, 6) is -1.44. The van der Waals surface area contributed by atoms with Crippen LogP contribution in [0.15, 0.2) is 67.3 Å². The van der Waals surface area contributed by atoms with Crippen LogP contribution < -0.4 is 10.6 Å². The van der Waals surface area contributed by atoms with E-state index in [-0.39, 0.29) is 22.9 Å². The molecule has 0 spiro atoms. The maximum Gasteiger partial charge on any atom is 0.274 e. The van der Waals surface area contributed by atoms with Crippen molar-refractivity contribution in [3.05, 3.63) is 84.6 Å². The maximum absolute atomic E-state index is 14.2. The maximum atomic E-state index is 14.2. The van der Waals surface area contributed by atoms with E-state index >= 15 is 0 Å². The summed E-state index contributed by atoms with van der Waals surface area (Å²) in [6.45, 7) is 0. The van der Waals surface area contributed by atoms with E-state index in [0.717, 1.165) is 12.1 Å². The van der Waals surface area contributed by atoms with Crippen molar-refractivity contribution >= 4 is 23.4 Å². The largest absolute Gasteiger partial charge is 0.319 e. The second kappa shape index (κ2) is 8.35. The SMILES string of the molecule is O=C(Nc1cnccc1-c1ccc(F)cc1F)c1ccnc(Nc2cccnn2)n1. The number of nitrogens with one attached hydrogen (secondary N) is 2. The fourth-order valence-electron chi connectivity index (χ4n) is 2.65. The van der Waals surface area contributed by atoms with Gasteiger partial charge in [-0.1, -0.05) is 0 Å². The number of carbonyl (C=O) groups is 1. The first-order chi connectivity index (χ1) is 14.6. The van der Waals surface area contributed by atoms with Crippen molar-refractivity contribution in [1.82, 2.24) is 25.1 Å².